The van der Waals surface area contributed by atoms with Gasteiger partial charge in [0.15, 0.2) is 5.75 Å². The highest BCUT2D eigenvalue weighted by Gasteiger charge is 2.05. The highest BCUT2D eigenvalue weighted by Crippen LogP contribution is 2.20. The van der Waals surface area contributed by atoms with E-state index in [1.807, 2.05) is 36.0 Å². The van der Waals surface area contributed by atoms with Crippen molar-refractivity contribution < 1.29 is 4.74 Å². The fourth-order valence-electron chi connectivity index (χ4n) is 2.27. The predicted octanol–water partition coefficient (Wildman–Crippen LogP) is 3.34. The fraction of sp³-hybridized carbons (Fsp3) is 0.250. The largest absolute Gasteiger partial charge is 0.486 e. The van der Waals surface area contributed by atoms with Crippen LogP contribution in [0.5, 0.6) is 5.75 Å². The Hall–Kier alpha value is -2.36. The summed E-state index contributed by atoms with van der Waals surface area (Å²) in [6.45, 7) is 5.43. The van der Waals surface area contributed by atoms with Gasteiger partial charge in [-0.15, -0.1) is 0 Å². The molecule has 0 amide bonds. The number of rotatable bonds is 4. The van der Waals surface area contributed by atoms with Crippen molar-refractivity contribution in [1.82, 2.24) is 14.8 Å². The van der Waals surface area contributed by atoms with Gasteiger partial charge >= 0.3 is 0 Å². The molecule has 2 aromatic heterocycles. The second-order valence-electron chi connectivity index (χ2n) is 4.76. The molecule has 0 fully saturated rings. The van der Waals surface area contributed by atoms with E-state index in [9.17, 15) is 0 Å². The first-order valence-corrected chi connectivity index (χ1v) is 6.77. The molecule has 0 saturated carbocycles. The minimum absolute atomic E-state index is 0.527. The molecule has 4 nitrogen and oxygen atoms in total. The summed E-state index contributed by atoms with van der Waals surface area (Å²) in [6, 6.07) is 10.2. The molecule has 3 aromatic rings. The molecular formula is C16H17N3O. The molecule has 0 unspecified atom stereocenters. The molecule has 2 heterocycles. The van der Waals surface area contributed by atoms with Crippen LogP contribution in [-0.4, -0.2) is 14.8 Å². The smallest absolute Gasteiger partial charge is 0.157 e. The van der Waals surface area contributed by atoms with Crippen LogP contribution in [0.25, 0.3) is 10.9 Å². The third-order valence-corrected chi connectivity index (χ3v) is 3.26. The summed E-state index contributed by atoms with van der Waals surface area (Å²) in [5.74, 6) is 0.797. The van der Waals surface area contributed by atoms with Gasteiger partial charge < -0.3 is 4.74 Å². The third kappa shape index (κ3) is 2.50. The zero-order valence-electron chi connectivity index (χ0n) is 11.7. The van der Waals surface area contributed by atoms with Gasteiger partial charge in [0, 0.05) is 23.2 Å². The van der Waals surface area contributed by atoms with Crippen molar-refractivity contribution in [2.45, 2.75) is 27.0 Å². The number of para-hydroxylation sites is 1. The van der Waals surface area contributed by atoms with Crippen LogP contribution in [0.4, 0.5) is 0 Å². The summed E-state index contributed by atoms with van der Waals surface area (Å²) in [6.07, 6.45) is 3.66. The lowest BCUT2D eigenvalue weighted by Crippen LogP contribution is -1.98. The molecule has 20 heavy (non-hydrogen) atoms. The maximum atomic E-state index is 5.83. The summed E-state index contributed by atoms with van der Waals surface area (Å²) in [4.78, 5) is 4.54. The Balaban J connectivity index is 1.86. The highest BCUT2D eigenvalue weighted by molar-refractivity contribution is 5.82. The number of hydrogen-bond acceptors (Lipinski definition) is 3. The molecule has 0 radical (unpaired) electrons. The molecule has 0 aliphatic rings. The van der Waals surface area contributed by atoms with Crippen molar-refractivity contribution in [2.75, 3.05) is 0 Å². The van der Waals surface area contributed by atoms with Crippen molar-refractivity contribution in [3.63, 3.8) is 0 Å². The average Bonchev–Trinajstić information content (AvgIpc) is 2.92. The second kappa shape index (κ2) is 5.33. The van der Waals surface area contributed by atoms with Crippen molar-refractivity contribution in [2.24, 2.45) is 0 Å². The van der Waals surface area contributed by atoms with Gasteiger partial charge in [-0.25, -0.2) is 0 Å². The van der Waals surface area contributed by atoms with Crippen molar-refractivity contribution in [3.05, 3.63) is 54.0 Å². The first-order valence-electron chi connectivity index (χ1n) is 6.77. The fourth-order valence-corrected chi connectivity index (χ4v) is 2.27. The number of ether oxygens (including phenoxy) is 1. The molecule has 0 bridgehead atoms. The van der Waals surface area contributed by atoms with Gasteiger partial charge in [0.1, 0.15) is 6.61 Å². The van der Waals surface area contributed by atoms with E-state index in [0.29, 0.717) is 6.61 Å². The zero-order valence-corrected chi connectivity index (χ0v) is 11.7. The van der Waals surface area contributed by atoms with Crippen LogP contribution in [0.2, 0.25) is 0 Å². The molecule has 1 aromatic carbocycles. The minimum Gasteiger partial charge on any atom is -0.486 e. The average molecular weight is 267 g/mol. The van der Waals surface area contributed by atoms with Gasteiger partial charge in [0.2, 0.25) is 0 Å². The number of pyridine rings is 1. The summed E-state index contributed by atoms with van der Waals surface area (Å²) >= 11 is 0. The van der Waals surface area contributed by atoms with E-state index in [4.69, 9.17) is 4.74 Å². The first-order chi connectivity index (χ1) is 9.76. The summed E-state index contributed by atoms with van der Waals surface area (Å²) in [5, 5.41) is 5.35. The summed E-state index contributed by atoms with van der Waals surface area (Å²) in [7, 11) is 0. The number of benzene rings is 1. The molecule has 0 atom stereocenters. The summed E-state index contributed by atoms with van der Waals surface area (Å²) in [5.41, 5.74) is 3.17. The number of aromatic nitrogens is 3. The van der Waals surface area contributed by atoms with E-state index in [1.165, 1.54) is 0 Å². The normalized spacial score (nSPS) is 10.9. The minimum atomic E-state index is 0.527. The SMILES string of the molecule is CCn1cc(OCc2cc(C)nc3ccccc23)cn1. The molecule has 0 spiro atoms. The lowest BCUT2D eigenvalue weighted by atomic mass is 10.1. The zero-order chi connectivity index (χ0) is 13.9. The van der Waals surface area contributed by atoms with E-state index < -0.39 is 0 Å². The van der Waals surface area contributed by atoms with Gasteiger partial charge in [-0.1, -0.05) is 18.2 Å². The van der Waals surface area contributed by atoms with E-state index in [0.717, 1.165) is 34.5 Å². The quantitative estimate of drug-likeness (QED) is 0.728. The maximum Gasteiger partial charge on any atom is 0.157 e. The lowest BCUT2D eigenvalue weighted by Gasteiger charge is -2.08. The predicted molar refractivity (Wildman–Crippen MR) is 78.7 cm³/mol. The van der Waals surface area contributed by atoms with Gasteiger partial charge in [0.05, 0.1) is 17.9 Å². The van der Waals surface area contributed by atoms with E-state index in [-0.39, 0.29) is 0 Å². The Morgan fingerprint density at radius 3 is 2.90 bits per heavy atom. The maximum absolute atomic E-state index is 5.83. The number of nitrogens with zero attached hydrogens (tertiary/aromatic N) is 3. The lowest BCUT2D eigenvalue weighted by molar-refractivity contribution is 0.307. The second-order valence-corrected chi connectivity index (χ2v) is 4.76. The van der Waals surface area contributed by atoms with Gasteiger partial charge in [-0.2, -0.15) is 5.10 Å². The van der Waals surface area contributed by atoms with E-state index in [1.54, 1.807) is 6.20 Å². The van der Waals surface area contributed by atoms with Gasteiger partial charge in [-0.3, -0.25) is 9.67 Å². The number of hydrogen-bond donors (Lipinski definition) is 0. The van der Waals surface area contributed by atoms with Crippen molar-refractivity contribution in [3.8, 4) is 5.75 Å². The van der Waals surface area contributed by atoms with Crippen LogP contribution in [-0.2, 0) is 13.2 Å². The molecular weight excluding hydrogens is 250 g/mol. The van der Waals surface area contributed by atoms with Crippen LogP contribution in [0.3, 0.4) is 0 Å². The molecule has 0 saturated heterocycles. The Morgan fingerprint density at radius 2 is 2.10 bits per heavy atom. The highest BCUT2D eigenvalue weighted by atomic mass is 16.5. The standard InChI is InChI=1S/C16H17N3O/c1-3-19-10-14(9-17-19)20-11-13-8-12(2)18-16-7-5-4-6-15(13)16/h4-10H,3,11H2,1-2H3. The first kappa shape index (κ1) is 12.7. The molecule has 0 aliphatic carbocycles. The molecule has 0 N–H and O–H groups in total. The van der Waals surface area contributed by atoms with Crippen molar-refractivity contribution >= 4 is 10.9 Å². The van der Waals surface area contributed by atoms with Gasteiger partial charge in [0.25, 0.3) is 0 Å². The number of aryl methyl sites for hydroxylation is 2. The van der Waals surface area contributed by atoms with Crippen LogP contribution in [0.15, 0.2) is 42.7 Å². The molecule has 0 aliphatic heterocycles. The summed E-state index contributed by atoms with van der Waals surface area (Å²) < 4.78 is 7.68. The molecule has 102 valence electrons. The number of fused-ring (bicyclic) bond motifs is 1. The van der Waals surface area contributed by atoms with E-state index in [2.05, 4.69) is 29.1 Å². The Bertz CT molecular complexity index is 733. The van der Waals surface area contributed by atoms with Crippen LogP contribution < -0.4 is 4.74 Å². The van der Waals surface area contributed by atoms with Crippen LogP contribution in [0, 0.1) is 6.92 Å². The Labute approximate surface area is 118 Å². The van der Waals surface area contributed by atoms with E-state index >= 15 is 0 Å². The van der Waals surface area contributed by atoms with Crippen LogP contribution in [0.1, 0.15) is 18.2 Å². The Kier molecular flexibility index (Phi) is 3.37. The molecule has 4 heteroatoms. The monoisotopic (exact) mass is 267 g/mol. The topological polar surface area (TPSA) is 39.9 Å². The molecule has 3 rings (SSSR count). The van der Waals surface area contributed by atoms with Crippen molar-refractivity contribution in [1.29, 1.82) is 0 Å². The third-order valence-electron chi connectivity index (χ3n) is 3.26. The van der Waals surface area contributed by atoms with Gasteiger partial charge in [-0.05, 0) is 26.0 Å². The Morgan fingerprint density at radius 1 is 1.25 bits per heavy atom. The van der Waals surface area contributed by atoms with Crippen LogP contribution >= 0.6 is 0 Å².